The molecule has 0 spiro atoms. The highest BCUT2D eigenvalue weighted by Gasteiger charge is 2.21. The molecule has 6 aromatic rings. The number of likely N-dealkylation sites (tertiary alicyclic amines) is 1. The quantitative estimate of drug-likeness (QED) is 0.124. The van der Waals surface area contributed by atoms with E-state index in [-0.39, 0.29) is 47.7 Å². The van der Waals surface area contributed by atoms with Crippen molar-refractivity contribution in [1.29, 1.82) is 0 Å². The molecular formula is C42H39NO7. The van der Waals surface area contributed by atoms with Gasteiger partial charge in [0, 0.05) is 30.3 Å². The molecule has 0 radical (unpaired) electrons. The summed E-state index contributed by atoms with van der Waals surface area (Å²) in [6.45, 7) is 4.22. The summed E-state index contributed by atoms with van der Waals surface area (Å²) in [7, 11) is 0. The lowest BCUT2D eigenvalue weighted by molar-refractivity contribution is 0.230. The predicted molar refractivity (Wildman–Crippen MR) is 193 cm³/mol. The molecule has 0 aliphatic carbocycles. The first-order chi connectivity index (χ1) is 24.6. The Kier molecular flexibility index (Phi) is 10.3. The molecule has 8 nitrogen and oxygen atoms in total. The van der Waals surface area contributed by atoms with E-state index in [1.165, 1.54) is 25.0 Å². The molecule has 50 heavy (non-hydrogen) atoms. The number of benzene rings is 5. The van der Waals surface area contributed by atoms with Crippen molar-refractivity contribution in [2.45, 2.75) is 32.7 Å². The highest BCUT2D eigenvalue weighted by molar-refractivity contribution is 5.86. The maximum Gasteiger partial charge on any atom is 0.203 e. The van der Waals surface area contributed by atoms with E-state index in [0.29, 0.717) is 35.2 Å². The van der Waals surface area contributed by atoms with Crippen molar-refractivity contribution >= 4 is 11.0 Å². The molecule has 0 saturated carbocycles. The lowest BCUT2D eigenvalue weighted by atomic mass is 10.1. The van der Waals surface area contributed by atoms with Crippen LogP contribution in [0.15, 0.2) is 131 Å². The molecule has 0 bridgehead atoms. The zero-order valence-electron chi connectivity index (χ0n) is 27.8. The largest absolute Gasteiger partial charge is 0.507 e. The normalized spacial score (nSPS) is 13.0. The number of fused-ring (bicyclic) bond motifs is 1. The molecule has 0 amide bonds. The highest BCUT2D eigenvalue weighted by Crippen LogP contribution is 2.43. The first-order valence-electron chi connectivity index (χ1n) is 16.9. The van der Waals surface area contributed by atoms with Crippen LogP contribution in [0, 0.1) is 0 Å². The zero-order chi connectivity index (χ0) is 34.1. The summed E-state index contributed by atoms with van der Waals surface area (Å²) < 4.78 is 31.6. The number of aromatic hydroxyl groups is 1. The summed E-state index contributed by atoms with van der Waals surface area (Å²) in [5.74, 6) is 1.80. The fraction of sp³-hybridized carbons (Fsp3) is 0.214. The van der Waals surface area contributed by atoms with Gasteiger partial charge in [0.1, 0.15) is 54.7 Å². The van der Waals surface area contributed by atoms with Gasteiger partial charge in [0.25, 0.3) is 0 Å². The third kappa shape index (κ3) is 8.10. The number of nitrogens with zero attached hydrogens (tertiary/aromatic N) is 1. The SMILES string of the molecule is O=c1cc(-c2cc(OCc3ccccc3)c(OCc3ccccc3)c(OCc3ccccc3)c2)oc2cc(OCCN3CCCC3)cc(O)c12. The van der Waals surface area contributed by atoms with Gasteiger partial charge in [-0.3, -0.25) is 9.69 Å². The van der Waals surface area contributed by atoms with Crippen LogP contribution >= 0.6 is 0 Å². The summed E-state index contributed by atoms with van der Waals surface area (Å²) >= 11 is 0. The van der Waals surface area contributed by atoms with Gasteiger partial charge in [-0.1, -0.05) is 91.0 Å². The summed E-state index contributed by atoms with van der Waals surface area (Å²) in [6.07, 6.45) is 2.39. The maximum atomic E-state index is 13.5. The third-order valence-electron chi connectivity index (χ3n) is 8.66. The standard InChI is InChI=1S/C42H39NO7/c44-35-24-34(46-21-20-43-18-10-11-19-43)25-38-41(35)36(45)26-37(50-38)33-22-39(47-27-30-12-4-1-5-13-30)42(49-29-32-16-8-3-9-17-32)40(23-33)48-28-31-14-6-2-7-15-31/h1-9,12-17,22-26,44H,10-11,18-21,27-29H2. The van der Waals surface area contributed by atoms with Crippen LogP contribution in [0.25, 0.3) is 22.3 Å². The van der Waals surface area contributed by atoms with Crippen molar-refractivity contribution < 1.29 is 28.5 Å². The Labute approximate surface area is 291 Å². The molecule has 0 atom stereocenters. The van der Waals surface area contributed by atoms with Crippen LogP contribution in [0.3, 0.4) is 0 Å². The average molecular weight is 670 g/mol. The topological polar surface area (TPSA) is 90.6 Å². The Bertz CT molecular complexity index is 2010. The monoisotopic (exact) mass is 669 g/mol. The molecule has 1 aromatic heterocycles. The van der Waals surface area contributed by atoms with E-state index in [1.807, 2.05) is 91.0 Å². The second-order valence-corrected chi connectivity index (χ2v) is 12.3. The van der Waals surface area contributed by atoms with Crippen LogP contribution in [-0.2, 0) is 19.8 Å². The first-order valence-corrected chi connectivity index (χ1v) is 16.9. The lowest BCUT2D eigenvalue weighted by Gasteiger charge is -2.19. The van der Waals surface area contributed by atoms with Gasteiger partial charge in [0.2, 0.25) is 5.75 Å². The van der Waals surface area contributed by atoms with Gasteiger partial charge in [-0.25, -0.2) is 0 Å². The van der Waals surface area contributed by atoms with Gasteiger partial charge < -0.3 is 28.5 Å². The third-order valence-corrected chi connectivity index (χ3v) is 8.66. The van der Waals surface area contributed by atoms with E-state index in [0.717, 1.165) is 36.3 Å². The molecule has 1 N–H and O–H groups in total. The Morgan fingerprint density at radius 2 is 1.18 bits per heavy atom. The van der Waals surface area contributed by atoms with Crippen LogP contribution in [-0.4, -0.2) is 36.2 Å². The first kappa shape index (κ1) is 32.8. The molecule has 5 aromatic carbocycles. The minimum absolute atomic E-state index is 0.0876. The van der Waals surface area contributed by atoms with Gasteiger partial charge >= 0.3 is 0 Å². The number of phenols is 1. The molecule has 8 heteroatoms. The second-order valence-electron chi connectivity index (χ2n) is 12.3. The molecule has 1 fully saturated rings. The number of ether oxygens (including phenoxy) is 4. The summed E-state index contributed by atoms with van der Waals surface area (Å²) in [5, 5.41) is 10.9. The second kappa shape index (κ2) is 15.7. The van der Waals surface area contributed by atoms with Gasteiger partial charge in [0.05, 0.1) is 0 Å². The summed E-state index contributed by atoms with van der Waals surface area (Å²) in [5.41, 5.74) is 3.31. The average Bonchev–Trinajstić information content (AvgIpc) is 3.67. The molecule has 1 aliphatic heterocycles. The van der Waals surface area contributed by atoms with Gasteiger partial charge in [0.15, 0.2) is 16.9 Å². The number of phenolic OH excluding ortho intramolecular Hbond substituents is 1. The van der Waals surface area contributed by atoms with E-state index in [1.54, 1.807) is 18.2 Å². The molecule has 0 unspecified atom stereocenters. The lowest BCUT2D eigenvalue weighted by Crippen LogP contribution is -2.25. The maximum absolute atomic E-state index is 13.5. The van der Waals surface area contributed by atoms with Gasteiger partial charge in [-0.15, -0.1) is 0 Å². The van der Waals surface area contributed by atoms with Crippen molar-refractivity contribution in [1.82, 2.24) is 4.90 Å². The fourth-order valence-corrected chi connectivity index (χ4v) is 6.04. The van der Waals surface area contributed by atoms with Crippen LogP contribution < -0.4 is 24.4 Å². The van der Waals surface area contributed by atoms with Crippen LogP contribution in [0.1, 0.15) is 29.5 Å². The molecule has 1 saturated heterocycles. The van der Waals surface area contributed by atoms with Gasteiger partial charge in [-0.05, 0) is 54.8 Å². The smallest absolute Gasteiger partial charge is 0.203 e. The van der Waals surface area contributed by atoms with E-state index < -0.39 is 0 Å². The molecular weight excluding hydrogens is 630 g/mol. The van der Waals surface area contributed by atoms with Crippen molar-refractivity contribution in [3.63, 3.8) is 0 Å². The Morgan fingerprint density at radius 1 is 0.640 bits per heavy atom. The van der Waals surface area contributed by atoms with Crippen LogP contribution in [0.2, 0.25) is 0 Å². The van der Waals surface area contributed by atoms with Crippen molar-refractivity contribution in [3.05, 3.63) is 148 Å². The van der Waals surface area contributed by atoms with Crippen molar-refractivity contribution in [2.24, 2.45) is 0 Å². The molecule has 254 valence electrons. The number of hydrogen-bond donors (Lipinski definition) is 1. The zero-order valence-corrected chi connectivity index (χ0v) is 27.8. The summed E-state index contributed by atoms with van der Waals surface area (Å²) in [4.78, 5) is 15.8. The number of rotatable bonds is 14. The molecule has 2 heterocycles. The summed E-state index contributed by atoms with van der Waals surface area (Å²) in [6, 6.07) is 37.6. The molecule has 7 rings (SSSR count). The minimum Gasteiger partial charge on any atom is -0.507 e. The predicted octanol–water partition coefficient (Wildman–Crippen LogP) is 8.38. The number of hydrogen-bond acceptors (Lipinski definition) is 8. The van der Waals surface area contributed by atoms with Crippen molar-refractivity contribution in [3.8, 4) is 40.1 Å². The Hall–Kier alpha value is -5.73. The van der Waals surface area contributed by atoms with Crippen LogP contribution in [0.4, 0.5) is 0 Å². The highest BCUT2D eigenvalue weighted by atomic mass is 16.5. The van der Waals surface area contributed by atoms with Gasteiger partial charge in [-0.2, -0.15) is 0 Å². The van der Waals surface area contributed by atoms with Crippen LogP contribution in [0.5, 0.6) is 28.7 Å². The van der Waals surface area contributed by atoms with Crippen molar-refractivity contribution in [2.75, 3.05) is 26.2 Å². The van der Waals surface area contributed by atoms with E-state index in [2.05, 4.69) is 4.90 Å². The molecule has 1 aliphatic rings. The van der Waals surface area contributed by atoms with E-state index in [9.17, 15) is 9.90 Å². The van der Waals surface area contributed by atoms with E-state index >= 15 is 0 Å². The Balaban J connectivity index is 1.26. The van der Waals surface area contributed by atoms with E-state index in [4.69, 9.17) is 23.4 Å². The fourth-order valence-electron chi connectivity index (χ4n) is 6.04. The Morgan fingerprint density at radius 3 is 1.74 bits per heavy atom. The minimum atomic E-state index is -0.384.